The second kappa shape index (κ2) is 8.13. The van der Waals surface area contributed by atoms with Crippen molar-refractivity contribution in [2.75, 3.05) is 13.1 Å². The minimum absolute atomic E-state index is 0.101. The maximum atomic E-state index is 12.6. The van der Waals surface area contributed by atoms with E-state index in [0.717, 1.165) is 28.4 Å². The van der Waals surface area contributed by atoms with Gasteiger partial charge >= 0.3 is 0 Å². The maximum Gasteiger partial charge on any atom is 0.259 e. The summed E-state index contributed by atoms with van der Waals surface area (Å²) in [5.74, 6) is 1.60. The molecule has 0 saturated carbocycles. The molecule has 25 heavy (non-hydrogen) atoms. The van der Waals surface area contributed by atoms with Crippen molar-refractivity contribution in [3.63, 3.8) is 0 Å². The van der Waals surface area contributed by atoms with Crippen LogP contribution in [0, 0.1) is 25.7 Å². The van der Waals surface area contributed by atoms with Gasteiger partial charge in [0.25, 0.3) is 5.56 Å². The SMILES string of the molecule is Cc1sc2nc(CCC(=O)N(CC(C)C)CC(C)C)[nH]c(=O)c2c1C. The van der Waals surface area contributed by atoms with Gasteiger partial charge in [-0.05, 0) is 31.2 Å². The van der Waals surface area contributed by atoms with Crippen LogP contribution in [0.15, 0.2) is 4.79 Å². The van der Waals surface area contributed by atoms with Gasteiger partial charge < -0.3 is 9.88 Å². The van der Waals surface area contributed by atoms with E-state index in [1.54, 1.807) is 0 Å². The summed E-state index contributed by atoms with van der Waals surface area (Å²) in [6.07, 6.45) is 0.837. The number of aromatic amines is 1. The third-order valence-corrected chi connectivity index (χ3v) is 5.29. The van der Waals surface area contributed by atoms with Crippen molar-refractivity contribution < 1.29 is 4.79 Å². The molecule has 1 amide bonds. The van der Waals surface area contributed by atoms with Crippen LogP contribution < -0.4 is 5.56 Å². The van der Waals surface area contributed by atoms with E-state index in [2.05, 4.69) is 37.7 Å². The van der Waals surface area contributed by atoms with Crippen LogP contribution in [0.3, 0.4) is 0 Å². The number of amides is 1. The lowest BCUT2D eigenvalue weighted by Crippen LogP contribution is -2.37. The second-order valence-electron chi connectivity index (χ2n) is 7.56. The first-order chi connectivity index (χ1) is 11.7. The number of hydrogen-bond acceptors (Lipinski definition) is 4. The number of nitrogens with zero attached hydrogens (tertiary/aromatic N) is 2. The molecule has 0 aliphatic rings. The molecule has 138 valence electrons. The second-order valence-corrected chi connectivity index (χ2v) is 8.77. The van der Waals surface area contributed by atoms with Gasteiger partial charge in [-0.1, -0.05) is 27.7 Å². The molecule has 2 heterocycles. The van der Waals surface area contributed by atoms with Crippen LogP contribution in [0.5, 0.6) is 0 Å². The van der Waals surface area contributed by atoms with Crippen molar-refractivity contribution in [2.24, 2.45) is 11.8 Å². The Morgan fingerprint density at radius 3 is 2.32 bits per heavy atom. The molecule has 2 rings (SSSR count). The summed E-state index contributed by atoms with van der Waals surface area (Å²) in [5, 5.41) is 0.679. The third kappa shape index (κ3) is 4.91. The molecule has 0 unspecified atom stereocenters. The Balaban J connectivity index is 2.12. The van der Waals surface area contributed by atoms with E-state index in [4.69, 9.17) is 0 Å². The lowest BCUT2D eigenvalue weighted by molar-refractivity contribution is -0.132. The number of nitrogens with one attached hydrogen (secondary N) is 1. The number of aryl methyl sites for hydroxylation is 3. The monoisotopic (exact) mass is 363 g/mol. The highest BCUT2D eigenvalue weighted by atomic mass is 32.1. The largest absolute Gasteiger partial charge is 0.342 e. The van der Waals surface area contributed by atoms with E-state index in [1.807, 2.05) is 18.7 Å². The molecule has 0 aromatic carbocycles. The quantitative estimate of drug-likeness (QED) is 0.816. The Kier molecular flexibility index (Phi) is 6.38. The van der Waals surface area contributed by atoms with Crippen LogP contribution in [0.4, 0.5) is 0 Å². The minimum atomic E-state index is -0.101. The Hall–Kier alpha value is -1.69. The molecule has 6 heteroatoms. The van der Waals surface area contributed by atoms with Crippen LogP contribution in [0.1, 0.15) is 50.4 Å². The fourth-order valence-corrected chi connectivity index (χ4v) is 4.01. The molecule has 0 aliphatic carbocycles. The highest BCUT2D eigenvalue weighted by molar-refractivity contribution is 7.18. The van der Waals surface area contributed by atoms with E-state index >= 15 is 0 Å². The molecular formula is C19H29N3O2S. The van der Waals surface area contributed by atoms with Crippen LogP contribution >= 0.6 is 11.3 Å². The van der Waals surface area contributed by atoms with Gasteiger partial charge in [0.15, 0.2) is 0 Å². The Bertz CT molecular complexity index is 795. The zero-order valence-electron chi connectivity index (χ0n) is 16.1. The van der Waals surface area contributed by atoms with Gasteiger partial charge in [-0.3, -0.25) is 9.59 Å². The fourth-order valence-electron chi connectivity index (χ4n) is 2.96. The Morgan fingerprint density at radius 1 is 1.16 bits per heavy atom. The van der Waals surface area contributed by atoms with Gasteiger partial charge in [0, 0.05) is 30.8 Å². The highest BCUT2D eigenvalue weighted by Gasteiger charge is 2.17. The van der Waals surface area contributed by atoms with E-state index in [1.165, 1.54) is 11.3 Å². The molecule has 1 N–H and O–H groups in total. The molecule has 0 atom stereocenters. The smallest absolute Gasteiger partial charge is 0.259 e. The molecule has 5 nitrogen and oxygen atoms in total. The molecule has 0 fully saturated rings. The molecule has 0 radical (unpaired) electrons. The number of aromatic nitrogens is 2. The minimum Gasteiger partial charge on any atom is -0.342 e. The first-order valence-electron chi connectivity index (χ1n) is 8.95. The van der Waals surface area contributed by atoms with Crippen molar-refractivity contribution in [1.29, 1.82) is 0 Å². The molecule has 2 aromatic heterocycles. The van der Waals surface area contributed by atoms with Crippen LogP contribution in [-0.2, 0) is 11.2 Å². The number of rotatable bonds is 7. The Labute approximate surface area is 153 Å². The van der Waals surface area contributed by atoms with E-state index in [0.29, 0.717) is 35.9 Å². The van der Waals surface area contributed by atoms with Crippen LogP contribution in [0.25, 0.3) is 10.2 Å². The van der Waals surface area contributed by atoms with Crippen LogP contribution in [0.2, 0.25) is 0 Å². The summed E-state index contributed by atoms with van der Waals surface area (Å²) in [6, 6.07) is 0. The van der Waals surface area contributed by atoms with E-state index in [-0.39, 0.29) is 11.5 Å². The summed E-state index contributed by atoms with van der Waals surface area (Å²) < 4.78 is 0. The molecule has 0 aliphatic heterocycles. The molecule has 0 bridgehead atoms. The van der Waals surface area contributed by atoms with Gasteiger partial charge in [0.05, 0.1) is 5.39 Å². The lowest BCUT2D eigenvalue weighted by Gasteiger charge is -2.26. The third-order valence-electron chi connectivity index (χ3n) is 4.19. The lowest BCUT2D eigenvalue weighted by atomic mass is 10.1. The van der Waals surface area contributed by atoms with Crippen LogP contribution in [-0.4, -0.2) is 33.9 Å². The maximum absolute atomic E-state index is 12.6. The highest BCUT2D eigenvalue weighted by Crippen LogP contribution is 2.25. The van der Waals surface area contributed by atoms with E-state index in [9.17, 15) is 9.59 Å². The fraction of sp³-hybridized carbons (Fsp3) is 0.632. The summed E-state index contributed by atoms with van der Waals surface area (Å²) in [7, 11) is 0. The van der Waals surface area contributed by atoms with Gasteiger partial charge in [0.2, 0.25) is 5.91 Å². The van der Waals surface area contributed by atoms with Crippen molar-refractivity contribution in [3.05, 3.63) is 26.6 Å². The van der Waals surface area contributed by atoms with Crippen molar-refractivity contribution in [1.82, 2.24) is 14.9 Å². The summed E-state index contributed by atoms with van der Waals surface area (Å²) in [6.45, 7) is 14.0. The van der Waals surface area contributed by atoms with Gasteiger partial charge in [-0.25, -0.2) is 4.98 Å². The summed E-state index contributed by atoms with van der Waals surface area (Å²) >= 11 is 1.54. The van der Waals surface area contributed by atoms with Crippen molar-refractivity contribution in [2.45, 2.75) is 54.4 Å². The molecular weight excluding hydrogens is 334 g/mol. The van der Waals surface area contributed by atoms with Gasteiger partial charge in [0.1, 0.15) is 10.7 Å². The molecule has 2 aromatic rings. The van der Waals surface area contributed by atoms with E-state index < -0.39 is 0 Å². The molecule has 0 spiro atoms. The number of carbonyl (C=O) groups is 1. The number of fused-ring (bicyclic) bond motifs is 1. The average molecular weight is 364 g/mol. The zero-order chi connectivity index (χ0) is 18.7. The van der Waals surface area contributed by atoms with Gasteiger partial charge in [-0.2, -0.15) is 0 Å². The number of thiophene rings is 1. The summed E-state index contributed by atoms with van der Waals surface area (Å²) in [4.78, 5) is 36.1. The predicted octanol–water partition coefficient (Wildman–Crippen LogP) is 3.67. The van der Waals surface area contributed by atoms with Crippen molar-refractivity contribution >= 4 is 27.5 Å². The predicted molar refractivity (Wildman–Crippen MR) is 104 cm³/mol. The standard InChI is InChI=1S/C19H29N3O2S/c1-11(2)9-22(10-12(3)4)16(23)8-7-15-20-18(24)17-13(5)14(6)25-19(17)21-15/h11-12H,7-10H2,1-6H3,(H,20,21,24). The average Bonchev–Trinajstić information content (AvgIpc) is 2.78. The zero-order valence-corrected chi connectivity index (χ0v) is 16.9. The summed E-state index contributed by atoms with van der Waals surface area (Å²) in [5.41, 5.74) is 0.895. The normalized spacial score (nSPS) is 11.7. The van der Waals surface area contributed by atoms with Crippen molar-refractivity contribution in [3.8, 4) is 0 Å². The number of H-pyrrole nitrogens is 1. The Morgan fingerprint density at radius 2 is 1.76 bits per heavy atom. The molecule has 0 saturated heterocycles. The number of hydrogen-bond donors (Lipinski definition) is 1. The topological polar surface area (TPSA) is 66.1 Å². The van der Waals surface area contributed by atoms with Gasteiger partial charge in [-0.15, -0.1) is 11.3 Å². The first-order valence-corrected chi connectivity index (χ1v) is 9.77. The first kappa shape index (κ1) is 19.6. The number of carbonyl (C=O) groups excluding carboxylic acids is 1.